The van der Waals surface area contributed by atoms with Gasteiger partial charge in [-0.25, -0.2) is 22.9 Å². The largest absolute Gasteiger partial charge is 0.414 e. The quantitative estimate of drug-likeness (QED) is 0.0822. The number of aliphatic hydroxyl groups excluding tert-OH is 1. The van der Waals surface area contributed by atoms with Gasteiger partial charge in [-0.2, -0.15) is 8.42 Å². The molecule has 5 heterocycles. The molecule has 2 fully saturated rings. The van der Waals surface area contributed by atoms with Gasteiger partial charge in [0, 0.05) is 34.9 Å². The number of hydrogen-bond acceptors (Lipinski definition) is 14. The molecule has 336 valence electrons. The number of aliphatic hydroxyl groups is 1. The minimum absolute atomic E-state index is 0.0733. The molecular formula is C38H58N8O12SSi2. The molecule has 5 rings (SSSR count). The van der Waals surface area contributed by atoms with Crippen molar-refractivity contribution in [1.29, 1.82) is 0 Å². The van der Waals surface area contributed by atoms with Gasteiger partial charge in [-0.15, -0.1) is 0 Å². The lowest BCUT2D eigenvalue weighted by atomic mass is 9.89. The Morgan fingerprint density at radius 2 is 1.46 bits per heavy atom. The van der Waals surface area contributed by atoms with Crippen molar-refractivity contribution in [2.45, 2.75) is 154 Å². The highest BCUT2D eigenvalue weighted by Gasteiger charge is 2.67. The van der Waals surface area contributed by atoms with Gasteiger partial charge < -0.3 is 29.2 Å². The third kappa shape index (κ3) is 9.06. The number of rotatable bonds is 11. The standard InChI is InChI=1S/C38H58N8O12SSi2/c1-23-18-45(29-17-25(41-42-40)26(20-47)55-29)34(50)43(31(23)48)15-13-14-16-44-32(49)24(2)19-46(35(44)51)33-30(57-61(11,12)37(6,7)8)38(27(39)22-59(52,53)58-38)28(56-33)21-54-60(9,10)36(3,4)5/h18-19,22,25-26,28-30,33,47H,15-17,20-21,39H2,1-12H3/t25-,26+,28+,29+,30-,33+,38+/m0/s1. The third-order valence-electron chi connectivity index (χ3n) is 12.6. The van der Waals surface area contributed by atoms with E-state index >= 15 is 0 Å². The summed E-state index contributed by atoms with van der Waals surface area (Å²) in [6.07, 6.45) is -2.98. The van der Waals surface area contributed by atoms with Crippen LogP contribution in [0.25, 0.3) is 10.4 Å². The van der Waals surface area contributed by atoms with E-state index < -0.39 is 116 Å². The molecule has 0 aliphatic carbocycles. The molecule has 2 saturated heterocycles. The molecule has 0 unspecified atom stereocenters. The number of aromatic nitrogens is 4. The lowest BCUT2D eigenvalue weighted by molar-refractivity contribution is -0.0567. The van der Waals surface area contributed by atoms with E-state index in [1.165, 1.54) is 30.8 Å². The van der Waals surface area contributed by atoms with E-state index in [0.29, 0.717) is 0 Å². The summed E-state index contributed by atoms with van der Waals surface area (Å²) in [4.78, 5) is 57.5. The smallest absolute Gasteiger partial charge is 0.334 e. The average molecular weight is 907 g/mol. The molecule has 0 amide bonds. The summed E-state index contributed by atoms with van der Waals surface area (Å²) in [5.74, 6) is 5.45. The molecule has 0 bridgehead atoms. The predicted octanol–water partition coefficient (Wildman–Crippen LogP) is 2.82. The molecule has 0 aromatic carbocycles. The first-order valence-corrected chi connectivity index (χ1v) is 27.1. The molecular weight excluding hydrogens is 849 g/mol. The topological polar surface area (TPSA) is 263 Å². The van der Waals surface area contributed by atoms with E-state index in [4.69, 9.17) is 33.8 Å². The van der Waals surface area contributed by atoms with Crippen molar-refractivity contribution in [2.24, 2.45) is 10.8 Å². The van der Waals surface area contributed by atoms with Crippen LogP contribution in [0, 0.1) is 25.7 Å². The second kappa shape index (κ2) is 16.9. The van der Waals surface area contributed by atoms with E-state index in [1.54, 1.807) is 0 Å². The second-order valence-corrected chi connectivity index (χ2v) is 29.7. The third-order valence-corrected chi connectivity index (χ3v) is 22.6. The van der Waals surface area contributed by atoms with Crippen LogP contribution in [0.2, 0.25) is 36.3 Å². The lowest BCUT2D eigenvalue weighted by Gasteiger charge is -2.43. The molecule has 0 saturated carbocycles. The maximum Gasteiger partial charge on any atom is 0.334 e. The minimum atomic E-state index is -4.35. The number of aryl methyl sites for hydroxylation is 2. The van der Waals surface area contributed by atoms with Crippen LogP contribution >= 0.6 is 0 Å². The Bertz CT molecular complexity index is 2550. The van der Waals surface area contributed by atoms with Crippen molar-refractivity contribution in [3.05, 3.63) is 86.7 Å². The number of azide groups is 1. The van der Waals surface area contributed by atoms with Gasteiger partial charge >= 0.3 is 11.4 Å². The average Bonchev–Trinajstić information content (AvgIpc) is 3.76. The van der Waals surface area contributed by atoms with Crippen LogP contribution in [0.4, 0.5) is 0 Å². The molecule has 3 aliphatic heterocycles. The minimum Gasteiger partial charge on any atom is -0.414 e. The van der Waals surface area contributed by atoms with Crippen LogP contribution in [0.5, 0.6) is 0 Å². The summed E-state index contributed by atoms with van der Waals surface area (Å²) >= 11 is 0. The van der Waals surface area contributed by atoms with Gasteiger partial charge in [0.25, 0.3) is 21.2 Å². The molecule has 23 heteroatoms. The van der Waals surface area contributed by atoms with Gasteiger partial charge in [0.2, 0.25) is 0 Å². The summed E-state index contributed by atoms with van der Waals surface area (Å²) < 4.78 is 62.3. The van der Waals surface area contributed by atoms with Crippen molar-refractivity contribution >= 4 is 26.8 Å². The van der Waals surface area contributed by atoms with Gasteiger partial charge in [0.05, 0.1) is 49.6 Å². The first-order valence-electron chi connectivity index (χ1n) is 19.9. The Kier molecular flexibility index (Phi) is 13.3. The van der Waals surface area contributed by atoms with E-state index in [1.807, 2.05) is 67.7 Å². The molecule has 2 aromatic heterocycles. The van der Waals surface area contributed by atoms with Gasteiger partial charge in [0.1, 0.15) is 18.4 Å². The lowest BCUT2D eigenvalue weighted by Crippen LogP contribution is -2.59. The van der Waals surface area contributed by atoms with Crippen LogP contribution in [-0.4, -0.2) is 91.6 Å². The first-order chi connectivity index (χ1) is 28.0. The fourth-order valence-corrected chi connectivity index (χ4v) is 10.4. The Labute approximate surface area is 356 Å². The highest BCUT2D eigenvalue weighted by atomic mass is 32.2. The number of nitrogens with two attached hydrogens (primary N) is 1. The van der Waals surface area contributed by atoms with Crippen LogP contribution in [-0.2, 0) is 45.7 Å². The zero-order chi connectivity index (χ0) is 45.8. The van der Waals surface area contributed by atoms with Crippen molar-refractivity contribution in [3.63, 3.8) is 0 Å². The molecule has 7 atom stereocenters. The summed E-state index contributed by atoms with van der Waals surface area (Å²) in [6, 6.07) is -0.743. The summed E-state index contributed by atoms with van der Waals surface area (Å²) in [6.45, 7) is 21.6. The summed E-state index contributed by atoms with van der Waals surface area (Å²) in [5, 5.41) is 13.5. The van der Waals surface area contributed by atoms with Crippen molar-refractivity contribution < 1.29 is 36.0 Å². The van der Waals surface area contributed by atoms with Crippen molar-refractivity contribution in [1.82, 2.24) is 18.3 Å². The molecule has 3 N–H and O–H groups in total. The molecule has 0 radical (unpaired) electrons. The maximum atomic E-state index is 14.5. The van der Waals surface area contributed by atoms with Crippen molar-refractivity contribution in [2.75, 3.05) is 13.2 Å². The Morgan fingerprint density at radius 3 is 1.93 bits per heavy atom. The zero-order valence-corrected chi connectivity index (χ0v) is 39.6. The SMILES string of the molecule is Cc1cn([C@@H]2O[C@H](CO[Si](C)(C)C(C)(C)C)[C@@]3(OS(=O)(=O)C=C3N)[C@H]2O[Si](C)(C)C(C)(C)C)c(=O)n(CC#CCn2c(=O)c(C)cn([C@H]3C[C@H](N=[N+]=[N-])[C@@H](CO)O3)c2=O)c1=O. The summed E-state index contributed by atoms with van der Waals surface area (Å²) in [5.41, 5.74) is 10.7. The summed E-state index contributed by atoms with van der Waals surface area (Å²) in [7, 11) is -9.69. The highest BCUT2D eigenvalue weighted by Crippen LogP contribution is 2.52. The molecule has 61 heavy (non-hydrogen) atoms. The fourth-order valence-electron chi connectivity index (χ4n) is 6.91. The molecule has 1 spiro atoms. The van der Waals surface area contributed by atoms with E-state index in [-0.39, 0.29) is 34.9 Å². The van der Waals surface area contributed by atoms with E-state index in [2.05, 4.69) is 21.9 Å². The molecule has 3 aliphatic rings. The van der Waals surface area contributed by atoms with Crippen LogP contribution in [0.1, 0.15) is 71.5 Å². The Balaban J connectivity index is 1.56. The first kappa shape index (κ1) is 48.0. The van der Waals surface area contributed by atoms with Crippen LogP contribution in [0.3, 0.4) is 0 Å². The van der Waals surface area contributed by atoms with Crippen molar-refractivity contribution in [3.8, 4) is 11.8 Å². The molecule has 20 nitrogen and oxygen atoms in total. The van der Waals surface area contributed by atoms with Gasteiger partial charge in [0.15, 0.2) is 28.5 Å². The van der Waals surface area contributed by atoms with Gasteiger partial charge in [-0.3, -0.25) is 18.7 Å². The second-order valence-electron chi connectivity index (χ2n) is 18.8. The number of nitrogens with zero attached hydrogens (tertiary/aromatic N) is 7. The van der Waals surface area contributed by atoms with Gasteiger partial charge in [-0.1, -0.05) is 58.5 Å². The predicted molar refractivity (Wildman–Crippen MR) is 230 cm³/mol. The Morgan fingerprint density at radius 1 is 0.934 bits per heavy atom. The highest BCUT2D eigenvalue weighted by molar-refractivity contribution is 7.90. The van der Waals surface area contributed by atoms with Crippen LogP contribution in [0.15, 0.2) is 47.8 Å². The monoisotopic (exact) mass is 906 g/mol. The normalized spacial score (nSPS) is 26.5. The van der Waals surface area contributed by atoms with E-state index in [9.17, 15) is 32.7 Å². The maximum absolute atomic E-state index is 14.5. The van der Waals surface area contributed by atoms with E-state index in [0.717, 1.165) is 19.1 Å². The van der Waals surface area contributed by atoms with Crippen LogP contribution < -0.4 is 28.2 Å². The number of ether oxygens (including phenoxy) is 2. The molecule has 2 aromatic rings. The van der Waals surface area contributed by atoms with Gasteiger partial charge in [-0.05, 0) is 55.6 Å². The number of hydrogen-bond donors (Lipinski definition) is 2. The fraction of sp³-hybridized carbons (Fsp3) is 0.684. The Hall–Kier alpha value is -4.09. The zero-order valence-electron chi connectivity index (χ0n) is 36.8.